The van der Waals surface area contributed by atoms with Crippen molar-refractivity contribution < 1.29 is 24.2 Å². The molecule has 0 spiro atoms. The van der Waals surface area contributed by atoms with Gasteiger partial charge in [0, 0.05) is 16.5 Å². The van der Waals surface area contributed by atoms with E-state index in [2.05, 4.69) is 34.8 Å². The summed E-state index contributed by atoms with van der Waals surface area (Å²) < 4.78 is 10.9. The zero-order chi connectivity index (χ0) is 19.4. The summed E-state index contributed by atoms with van der Waals surface area (Å²) >= 11 is 2.07. The molecule has 0 aliphatic heterocycles. The zero-order valence-corrected chi connectivity index (χ0v) is 17.6. The van der Waals surface area contributed by atoms with Gasteiger partial charge in [0.2, 0.25) is 0 Å². The van der Waals surface area contributed by atoms with Crippen molar-refractivity contribution in [2.75, 3.05) is 13.7 Å². The third-order valence-electron chi connectivity index (χ3n) is 3.92. The Kier molecular flexibility index (Phi) is 11.1. The molecule has 26 heavy (non-hydrogen) atoms. The van der Waals surface area contributed by atoms with E-state index in [1.54, 1.807) is 12.1 Å². The number of ether oxygens (including phenoxy) is 2. The molecular weight excluding hydrogens is 449 g/mol. The van der Waals surface area contributed by atoms with Crippen molar-refractivity contribution in [1.82, 2.24) is 5.32 Å². The summed E-state index contributed by atoms with van der Waals surface area (Å²) in [6, 6.07) is 3.24. The number of rotatable bonds is 12. The summed E-state index contributed by atoms with van der Waals surface area (Å²) in [6.45, 7) is 2.16. The lowest BCUT2D eigenvalue weighted by molar-refractivity contribution is -0.148. The molecule has 0 aromatic heterocycles. The van der Waals surface area contributed by atoms with Crippen LogP contribution in [0.1, 0.15) is 57.4 Å². The van der Waals surface area contributed by atoms with Gasteiger partial charge in [0.05, 0.1) is 7.11 Å². The molecule has 0 aliphatic rings. The molecule has 0 radical (unpaired) electrons. The van der Waals surface area contributed by atoms with Crippen molar-refractivity contribution in [1.29, 1.82) is 0 Å². The van der Waals surface area contributed by atoms with Crippen LogP contribution in [0.2, 0.25) is 0 Å². The van der Waals surface area contributed by atoms with E-state index < -0.39 is 0 Å². The molecule has 1 amide bonds. The molecule has 1 rings (SSSR count). The molecule has 0 saturated heterocycles. The predicted octanol–water partition coefficient (Wildman–Crippen LogP) is 3.92. The molecule has 0 unspecified atom stereocenters. The van der Waals surface area contributed by atoms with E-state index in [4.69, 9.17) is 9.47 Å². The number of esters is 1. The second-order valence-electron chi connectivity index (χ2n) is 6.07. The summed E-state index contributed by atoms with van der Waals surface area (Å²) in [5.74, 6) is -0.295. The zero-order valence-electron chi connectivity index (χ0n) is 15.5. The number of methoxy groups -OCH3 is 1. The number of carbonyl (C=O) groups excluding carboxylic acids is 2. The van der Waals surface area contributed by atoms with Gasteiger partial charge in [0.15, 0.2) is 18.1 Å². The minimum Gasteiger partial charge on any atom is -0.504 e. The molecule has 146 valence electrons. The predicted molar refractivity (Wildman–Crippen MR) is 108 cm³/mol. The van der Waals surface area contributed by atoms with Crippen LogP contribution >= 0.6 is 22.6 Å². The second kappa shape index (κ2) is 12.8. The van der Waals surface area contributed by atoms with Crippen molar-refractivity contribution in [2.24, 2.45) is 0 Å². The number of hydrogen-bond acceptors (Lipinski definition) is 5. The largest absolute Gasteiger partial charge is 0.504 e. The highest BCUT2D eigenvalue weighted by Crippen LogP contribution is 2.30. The van der Waals surface area contributed by atoms with Crippen LogP contribution in [-0.4, -0.2) is 30.7 Å². The van der Waals surface area contributed by atoms with Gasteiger partial charge < -0.3 is 19.9 Å². The fourth-order valence-electron chi connectivity index (χ4n) is 2.40. The number of nitrogens with one attached hydrogen (secondary N) is 1. The van der Waals surface area contributed by atoms with E-state index in [-0.39, 0.29) is 30.8 Å². The third kappa shape index (κ3) is 8.73. The summed E-state index contributed by atoms with van der Waals surface area (Å²) in [5.41, 5.74) is 0.812. The first-order valence-electron chi connectivity index (χ1n) is 8.95. The maximum atomic E-state index is 11.8. The van der Waals surface area contributed by atoms with Crippen LogP contribution < -0.4 is 10.1 Å². The quantitative estimate of drug-likeness (QED) is 0.271. The first-order chi connectivity index (χ1) is 12.5. The Hall–Kier alpha value is -1.51. The first-order valence-corrected chi connectivity index (χ1v) is 10.0. The number of amides is 1. The van der Waals surface area contributed by atoms with E-state index in [1.165, 1.54) is 26.4 Å². The Morgan fingerprint density at radius 3 is 2.54 bits per heavy atom. The number of aromatic hydroxyl groups is 1. The van der Waals surface area contributed by atoms with Crippen molar-refractivity contribution in [3.05, 3.63) is 21.3 Å². The first kappa shape index (κ1) is 22.5. The number of phenols is 1. The number of phenolic OH excluding ortho intramolecular Hbond substituents is 1. The summed E-state index contributed by atoms with van der Waals surface area (Å²) in [4.78, 5) is 23.5. The average molecular weight is 477 g/mol. The Morgan fingerprint density at radius 1 is 1.15 bits per heavy atom. The maximum Gasteiger partial charge on any atom is 0.306 e. The van der Waals surface area contributed by atoms with Crippen molar-refractivity contribution in [3.63, 3.8) is 0 Å². The fraction of sp³-hybridized carbons (Fsp3) is 0.579. The highest BCUT2D eigenvalue weighted by atomic mass is 127. The number of halogens is 1. The van der Waals surface area contributed by atoms with E-state index in [9.17, 15) is 14.7 Å². The lowest BCUT2D eigenvalue weighted by atomic mass is 10.1. The van der Waals surface area contributed by atoms with Gasteiger partial charge in [-0.15, -0.1) is 0 Å². The lowest BCUT2D eigenvalue weighted by Crippen LogP contribution is -2.28. The van der Waals surface area contributed by atoms with Crippen molar-refractivity contribution >= 4 is 34.5 Å². The Balaban J connectivity index is 2.25. The van der Waals surface area contributed by atoms with Crippen LogP contribution in [0, 0.1) is 3.57 Å². The second-order valence-corrected chi connectivity index (χ2v) is 7.23. The normalized spacial score (nSPS) is 10.4. The molecule has 7 heteroatoms. The van der Waals surface area contributed by atoms with Gasteiger partial charge in [-0.2, -0.15) is 0 Å². The van der Waals surface area contributed by atoms with Gasteiger partial charge in [-0.25, -0.2) is 0 Å². The third-order valence-corrected chi connectivity index (χ3v) is 4.93. The monoisotopic (exact) mass is 477 g/mol. The van der Waals surface area contributed by atoms with E-state index in [0.717, 1.165) is 28.4 Å². The molecule has 6 nitrogen and oxygen atoms in total. The van der Waals surface area contributed by atoms with Crippen molar-refractivity contribution in [3.8, 4) is 11.5 Å². The van der Waals surface area contributed by atoms with E-state index in [1.807, 2.05) is 0 Å². The Labute approximate surface area is 168 Å². The minimum absolute atomic E-state index is 0.0515. The lowest BCUT2D eigenvalue weighted by Gasteiger charge is -2.11. The van der Waals surface area contributed by atoms with Gasteiger partial charge in [-0.05, 0) is 46.7 Å². The Morgan fingerprint density at radius 2 is 1.85 bits per heavy atom. The minimum atomic E-state index is -0.357. The van der Waals surface area contributed by atoms with E-state index >= 15 is 0 Å². The van der Waals surface area contributed by atoms with Crippen LogP contribution in [-0.2, 0) is 20.9 Å². The molecule has 2 N–H and O–H groups in total. The number of carbonyl (C=O) groups is 2. The van der Waals surface area contributed by atoms with Crippen LogP contribution in [0.25, 0.3) is 0 Å². The molecule has 0 bridgehead atoms. The molecular formula is C19H28INO5. The summed E-state index contributed by atoms with van der Waals surface area (Å²) in [7, 11) is 1.47. The molecule has 0 heterocycles. The highest BCUT2D eigenvalue weighted by Gasteiger charge is 2.11. The highest BCUT2D eigenvalue weighted by molar-refractivity contribution is 14.1. The van der Waals surface area contributed by atoms with Crippen molar-refractivity contribution in [2.45, 2.75) is 58.4 Å². The molecule has 1 aromatic rings. The van der Waals surface area contributed by atoms with Gasteiger partial charge in [-0.3, -0.25) is 9.59 Å². The van der Waals surface area contributed by atoms with Gasteiger partial charge in [0.25, 0.3) is 5.91 Å². The standard InChI is InChI=1S/C19H28INO5/c1-3-4-5-6-7-8-9-19(24)26-13-18(23)21-12-14-10-17(25-2)16(22)11-15(14)20/h10-11,22H,3-9,12-13H2,1-2H3,(H,21,23). The molecule has 0 fully saturated rings. The molecule has 0 saturated carbocycles. The number of unbranched alkanes of at least 4 members (excludes halogenated alkanes) is 5. The SMILES string of the molecule is CCCCCCCCC(=O)OCC(=O)NCc1cc(OC)c(O)cc1I. The Bertz CT molecular complexity index is 592. The van der Waals surface area contributed by atoms with Crippen LogP contribution in [0.4, 0.5) is 0 Å². The summed E-state index contributed by atoms with van der Waals surface area (Å²) in [6.07, 6.45) is 6.94. The molecule has 0 aliphatic carbocycles. The fourth-order valence-corrected chi connectivity index (χ4v) is 3.04. The van der Waals surface area contributed by atoms with Gasteiger partial charge >= 0.3 is 5.97 Å². The average Bonchev–Trinajstić information content (AvgIpc) is 2.62. The van der Waals surface area contributed by atoms with Crippen LogP contribution in [0.5, 0.6) is 11.5 Å². The molecule has 0 atom stereocenters. The molecule has 1 aromatic carbocycles. The van der Waals surface area contributed by atoms with Crippen LogP contribution in [0.3, 0.4) is 0 Å². The number of hydrogen-bond donors (Lipinski definition) is 2. The van der Waals surface area contributed by atoms with Gasteiger partial charge in [0.1, 0.15) is 0 Å². The van der Waals surface area contributed by atoms with E-state index in [0.29, 0.717) is 12.2 Å². The topological polar surface area (TPSA) is 84.9 Å². The van der Waals surface area contributed by atoms with Gasteiger partial charge in [-0.1, -0.05) is 39.0 Å². The smallest absolute Gasteiger partial charge is 0.306 e. The number of benzene rings is 1. The van der Waals surface area contributed by atoms with Crippen LogP contribution in [0.15, 0.2) is 12.1 Å². The summed E-state index contributed by atoms with van der Waals surface area (Å²) in [5, 5.41) is 12.4. The maximum absolute atomic E-state index is 11.8.